The maximum absolute atomic E-state index is 9.77. The maximum Gasteiger partial charge on any atom is 0.0875 e. The molecule has 0 spiro atoms. The summed E-state index contributed by atoms with van der Waals surface area (Å²) in [5, 5.41) is 23.6. The minimum Gasteiger partial charge on any atom is -0.390 e. The number of aliphatic hydroxyl groups is 2. The van der Waals surface area contributed by atoms with Crippen molar-refractivity contribution in [3.63, 3.8) is 0 Å². The van der Waals surface area contributed by atoms with E-state index in [0.29, 0.717) is 12.8 Å². The normalized spacial score (nSPS) is 17.7. The molecule has 0 aliphatic rings. The van der Waals surface area contributed by atoms with E-state index < -0.39 is 11.7 Å². The summed E-state index contributed by atoms with van der Waals surface area (Å²) in [5.74, 6) is 0. The van der Waals surface area contributed by atoms with Crippen molar-refractivity contribution >= 4 is 11.3 Å². The summed E-state index contributed by atoms with van der Waals surface area (Å²) >= 11 is 1.66. The first kappa shape index (κ1) is 11.7. The summed E-state index contributed by atoms with van der Waals surface area (Å²) in [6, 6.07) is 2.05. The van der Waals surface area contributed by atoms with Gasteiger partial charge in [-0.1, -0.05) is 6.92 Å². The summed E-state index contributed by atoms with van der Waals surface area (Å²) in [7, 11) is 0. The van der Waals surface area contributed by atoms with Gasteiger partial charge in [0.2, 0.25) is 0 Å². The fourth-order valence-corrected chi connectivity index (χ4v) is 1.99. The molecule has 0 amide bonds. The van der Waals surface area contributed by atoms with Crippen molar-refractivity contribution < 1.29 is 10.2 Å². The van der Waals surface area contributed by atoms with E-state index >= 15 is 0 Å². The molecule has 1 aromatic rings. The Morgan fingerprint density at radius 2 is 2.29 bits per heavy atom. The molecule has 2 atom stereocenters. The van der Waals surface area contributed by atoms with Gasteiger partial charge in [0, 0.05) is 0 Å². The molecule has 2 N–H and O–H groups in total. The number of hydrogen-bond acceptors (Lipinski definition) is 3. The van der Waals surface area contributed by atoms with Crippen molar-refractivity contribution in [2.75, 3.05) is 0 Å². The Morgan fingerprint density at radius 1 is 1.57 bits per heavy atom. The highest BCUT2D eigenvalue weighted by Crippen LogP contribution is 2.19. The van der Waals surface area contributed by atoms with Crippen molar-refractivity contribution in [3.05, 3.63) is 22.4 Å². The molecule has 1 heterocycles. The molecule has 0 aliphatic heterocycles. The third kappa shape index (κ3) is 3.08. The van der Waals surface area contributed by atoms with E-state index in [1.807, 2.05) is 12.3 Å². The van der Waals surface area contributed by atoms with E-state index in [-0.39, 0.29) is 0 Å². The summed E-state index contributed by atoms with van der Waals surface area (Å²) < 4.78 is 0. The molecule has 0 bridgehead atoms. The van der Waals surface area contributed by atoms with Crippen LogP contribution >= 0.6 is 11.3 Å². The van der Waals surface area contributed by atoms with Gasteiger partial charge in [0.1, 0.15) is 0 Å². The lowest BCUT2D eigenvalue weighted by molar-refractivity contribution is -0.0667. The Kier molecular flexibility index (Phi) is 4.11. The van der Waals surface area contributed by atoms with Crippen LogP contribution in [0.3, 0.4) is 0 Å². The molecule has 2 unspecified atom stereocenters. The SMILES string of the molecule is CCC(C)(O)C(O)CCc1ccsc1. The highest BCUT2D eigenvalue weighted by atomic mass is 32.1. The van der Waals surface area contributed by atoms with Crippen molar-refractivity contribution in [3.8, 4) is 0 Å². The Hall–Kier alpha value is -0.380. The first-order chi connectivity index (χ1) is 6.56. The monoisotopic (exact) mass is 214 g/mol. The topological polar surface area (TPSA) is 40.5 Å². The van der Waals surface area contributed by atoms with Crippen LogP contribution in [-0.2, 0) is 6.42 Å². The van der Waals surface area contributed by atoms with Gasteiger partial charge in [-0.05, 0) is 48.6 Å². The summed E-state index contributed by atoms with van der Waals surface area (Å²) in [6.07, 6.45) is 1.41. The van der Waals surface area contributed by atoms with Crippen LogP contribution in [0.2, 0.25) is 0 Å². The van der Waals surface area contributed by atoms with Crippen LogP contribution in [-0.4, -0.2) is 21.9 Å². The molecule has 80 valence electrons. The quantitative estimate of drug-likeness (QED) is 0.789. The lowest BCUT2D eigenvalue weighted by Gasteiger charge is -2.27. The zero-order chi connectivity index (χ0) is 10.6. The fourth-order valence-electron chi connectivity index (χ4n) is 1.28. The molecule has 3 heteroatoms. The smallest absolute Gasteiger partial charge is 0.0875 e. The number of thiophene rings is 1. The summed E-state index contributed by atoms with van der Waals surface area (Å²) in [6.45, 7) is 3.57. The zero-order valence-electron chi connectivity index (χ0n) is 8.73. The molecule has 0 fully saturated rings. The van der Waals surface area contributed by atoms with Gasteiger partial charge in [0.05, 0.1) is 11.7 Å². The van der Waals surface area contributed by atoms with E-state index in [2.05, 4.69) is 11.4 Å². The molecule has 0 aliphatic carbocycles. The molecule has 0 radical (unpaired) electrons. The third-order valence-electron chi connectivity index (χ3n) is 2.72. The summed E-state index contributed by atoms with van der Waals surface area (Å²) in [4.78, 5) is 0. The van der Waals surface area contributed by atoms with Gasteiger partial charge in [-0.2, -0.15) is 11.3 Å². The van der Waals surface area contributed by atoms with Gasteiger partial charge in [0.25, 0.3) is 0 Å². The van der Waals surface area contributed by atoms with Crippen molar-refractivity contribution in [2.45, 2.75) is 44.8 Å². The van der Waals surface area contributed by atoms with Gasteiger partial charge in [-0.3, -0.25) is 0 Å². The van der Waals surface area contributed by atoms with Gasteiger partial charge >= 0.3 is 0 Å². The molecule has 1 aromatic heterocycles. The highest BCUT2D eigenvalue weighted by molar-refractivity contribution is 7.07. The fraction of sp³-hybridized carbons (Fsp3) is 0.636. The minimum atomic E-state index is -0.948. The molecule has 0 saturated carbocycles. The molecular weight excluding hydrogens is 196 g/mol. The predicted molar refractivity (Wildman–Crippen MR) is 59.6 cm³/mol. The maximum atomic E-state index is 9.77. The first-order valence-corrected chi connectivity index (χ1v) is 5.92. The Bertz CT molecular complexity index is 254. The second-order valence-corrected chi connectivity index (χ2v) is 4.68. The van der Waals surface area contributed by atoms with E-state index in [4.69, 9.17) is 0 Å². The van der Waals surface area contributed by atoms with Crippen molar-refractivity contribution in [1.29, 1.82) is 0 Å². The molecule has 14 heavy (non-hydrogen) atoms. The van der Waals surface area contributed by atoms with Crippen LogP contribution < -0.4 is 0 Å². The molecular formula is C11H18O2S. The Labute approximate surface area is 89.2 Å². The van der Waals surface area contributed by atoms with E-state index in [1.54, 1.807) is 18.3 Å². The lowest BCUT2D eigenvalue weighted by atomic mass is 9.92. The van der Waals surface area contributed by atoms with Crippen molar-refractivity contribution in [2.24, 2.45) is 0 Å². The van der Waals surface area contributed by atoms with Gasteiger partial charge in [-0.15, -0.1) is 0 Å². The number of aliphatic hydroxyl groups excluding tert-OH is 1. The van der Waals surface area contributed by atoms with Gasteiger partial charge < -0.3 is 10.2 Å². The Morgan fingerprint density at radius 3 is 2.79 bits per heavy atom. The van der Waals surface area contributed by atoms with E-state index in [0.717, 1.165) is 6.42 Å². The number of aryl methyl sites for hydroxylation is 1. The van der Waals surface area contributed by atoms with Gasteiger partial charge in [-0.25, -0.2) is 0 Å². The Balaban J connectivity index is 2.38. The average molecular weight is 214 g/mol. The van der Waals surface area contributed by atoms with Crippen molar-refractivity contribution in [1.82, 2.24) is 0 Å². The number of hydrogen-bond donors (Lipinski definition) is 2. The molecule has 0 aromatic carbocycles. The number of rotatable bonds is 5. The molecule has 1 rings (SSSR count). The summed E-state index contributed by atoms with van der Waals surface area (Å²) in [5.41, 5.74) is 0.289. The standard InChI is InChI=1S/C11H18O2S/c1-3-11(2,13)10(12)5-4-9-6-7-14-8-9/h6-8,10,12-13H,3-5H2,1-2H3. The van der Waals surface area contributed by atoms with E-state index in [1.165, 1.54) is 5.56 Å². The van der Waals surface area contributed by atoms with Crippen LogP contribution in [0.4, 0.5) is 0 Å². The predicted octanol–water partition coefficient (Wildman–Crippen LogP) is 2.20. The third-order valence-corrected chi connectivity index (χ3v) is 3.45. The largest absolute Gasteiger partial charge is 0.390 e. The zero-order valence-corrected chi connectivity index (χ0v) is 9.55. The molecule has 2 nitrogen and oxygen atoms in total. The van der Waals surface area contributed by atoms with Crippen LogP contribution in [0.1, 0.15) is 32.3 Å². The van der Waals surface area contributed by atoms with Crippen LogP contribution in [0.5, 0.6) is 0 Å². The second kappa shape index (κ2) is 4.91. The van der Waals surface area contributed by atoms with Crippen LogP contribution in [0.25, 0.3) is 0 Å². The van der Waals surface area contributed by atoms with Crippen LogP contribution in [0, 0.1) is 0 Å². The van der Waals surface area contributed by atoms with E-state index in [9.17, 15) is 10.2 Å². The minimum absolute atomic E-state index is 0.581. The lowest BCUT2D eigenvalue weighted by Crippen LogP contribution is -2.38. The van der Waals surface area contributed by atoms with Gasteiger partial charge in [0.15, 0.2) is 0 Å². The average Bonchev–Trinajstić information content (AvgIpc) is 2.66. The van der Waals surface area contributed by atoms with Crippen LogP contribution in [0.15, 0.2) is 16.8 Å². The molecule has 0 saturated heterocycles. The highest BCUT2D eigenvalue weighted by Gasteiger charge is 2.27. The second-order valence-electron chi connectivity index (χ2n) is 3.90. The first-order valence-electron chi connectivity index (χ1n) is 4.98.